The molecular weight excluding hydrogens is 218 g/mol. The van der Waals surface area contributed by atoms with Crippen LogP contribution in [0.2, 0.25) is 0 Å². The lowest BCUT2D eigenvalue weighted by Crippen LogP contribution is -1.79. The third-order valence-corrected chi connectivity index (χ3v) is 2.16. The van der Waals surface area contributed by atoms with Crippen molar-refractivity contribution in [3.05, 3.63) is 27.7 Å². The summed E-state index contributed by atoms with van der Waals surface area (Å²) in [5.74, 6) is 0. The third-order valence-electron chi connectivity index (χ3n) is 1.56. The zero-order valence-corrected chi connectivity index (χ0v) is 8.47. The smallest absolute Gasteiger partial charge is 0.211 e. The van der Waals surface area contributed by atoms with Crippen LogP contribution < -0.4 is 0 Å². The molecule has 0 fully saturated rings. The highest BCUT2D eigenvalue weighted by Crippen LogP contribution is 2.29. The highest BCUT2D eigenvalue weighted by atomic mass is 79.9. The van der Waals surface area contributed by atoms with Crippen LogP contribution >= 0.6 is 15.9 Å². The fourth-order valence-electron chi connectivity index (χ4n) is 1.10. The van der Waals surface area contributed by atoms with E-state index in [9.17, 15) is 4.79 Å². The largest absolute Gasteiger partial charge is 0.240 e. The quantitative estimate of drug-likeness (QED) is 0.534. The lowest BCUT2D eigenvalue weighted by atomic mass is 10.1. The molecule has 12 heavy (non-hydrogen) atoms. The number of aryl methyl sites for hydroxylation is 2. The monoisotopic (exact) mass is 225 g/mol. The molecule has 0 radical (unpaired) electrons. The maximum atomic E-state index is 10.1. The van der Waals surface area contributed by atoms with E-state index in [1.165, 1.54) is 6.08 Å². The fraction of sp³-hybridized carbons (Fsp3) is 0.222. The molecule has 0 unspecified atom stereocenters. The fourth-order valence-corrected chi connectivity index (χ4v) is 1.86. The van der Waals surface area contributed by atoms with Crippen molar-refractivity contribution >= 4 is 27.7 Å². The zero-order chi connectivity index (χ0) is 9.14. The van der Waals surface area contributed by atoms with Crippen molar-refractivity contribution in [1.82, 2.24) is 0 Å². The van der Waals surface area contributed by atoms with Crippen LogP contribution in [-0.2, 0) is 4.79 Å². The minimum Gasteiger partial charge on any atom is -0.211 e. The van der Waals surface area contributed by atoms with Gasteiger partial charge in [0.25, 0.3) is 0 Å². The lowest BCUT2D eigenvalue weighted by molar-refractivity contribution is 0.565. The first-order valence-electron chi connectivity index (χ1n) is 3.50. The highest BCUT2D eigenvalue weighted by molar-refractivity contribution is 9.10. The topological polar surface area (TPSA) is 29.4 Å². The Bertz CT molecular complexity index is 331. The first-order valence-corrected chi connectivity index (χ1v) is 4.29. The lowest BCUT2D eigenvalue weighted by Gasteiger charge is -2.02. The van der Waals surface area contributed by atoms with E-state index < -0.39 is 0 Å². The van der Waals surface area contributed by atoms with Gasteiger partial charge in [0, 0.05) is 4.47 Å². The number of aliphatic imine (C=N–C) groups is 1. The number of hydrogen-bond donors (Lipinski definition) is 0. The molecule has 0 bridgehead atoms. The Labute approximate surface area is 79.5 Å². The number of rotatable bonds is 1. The summed E-state index contributed by atoms with van der Waals surface area (Å²) < 4.78 is 0.836. The van der Waals surface area contributed by atoms with Gasteiger partial charge in [-0.3, -0.25) is 0 Å². The second kappa shape index (κ2) is 3.65. The van der Waals surface area contributed by atoms with Gasteiger partial charge in [0.1, 0.15) is 0 Å². The van der Waals surface area contributed by atoms with Gasteiger partial charge in [0.2, 0.25) is 6.08 Å². The number of halogens is 1. The maximum absolute atomic E-state index is 10.1. The molecular formula is C9H8BrNO. The number of carbonyl (C=O) groups excluding carboxylic acids is 1. The van der Waals surface area contributed by atoms with Gasteiger partial charge in [0.05, 0.1) is 5.69 Å². The van der Waals surface area contributed by atoms with E-state index in [4.69, 9.17) is 0 Å². The van der Waals surface area contributed by atoms with Crippen molar-refractivity contribution < 1.29 is 4.79 Å². The van der Waals surface area contributed by atoms with Crippen molar-refractivity contribution in [2.75, 3.05) is 0 Å². The summed E-state index contributed by atoms with van der Waals surface area (Å²) in [6.07, 6.45) is 1.53. The SMILES string of the molecule is Cc1cc(C)c(N=C=O)c(Br)c1. The van der Waals surface area contributed by atoms with Gasteiger partial charge in [-0.15, -0.1) is 0 Å². The van der Waals surface area contributed by atoms with Crippen molar-refractivity contribution in [1.29, 1.82) is 0 Å². The summed E-state index contributed by atoms with van der Waals surface area (Å²) in [4.78, 5) is 13.6. The molecule has 1 aromatic carbocycles. The molecule has 0 amide bonds. The van der Waals surface area contributed by atoms with Gasteiger partial charge < -0.3 is 0 Å². The molecule has 0 N–H and O–H groups in total. The van der Waals surface area contributed by atoms with Crippen molar-refractivity contribution in [2.45, 2.75) is 13.8 Å². The molecule has 0 aromatic heterocycles. The third kappa shape index (κ3) is 1.81. The van der Waals surface area contributed by atoms with E-state index >= 15 is 0 Å². The predicted molar refractivity (Wildman–Crippen MR) is 51.4 cm³/mol. The van der Waals surface area contributed by atoms with E-state index in [1.807, 2.05) is 26.0 Å². The molecule has 62 valence electrons. The Morgan fingerprint density at radius 3 is 2.58 bits per heavy atom. The zero-order valence-electron chi connectivity index (χ0n) is 6.89. The van der Waals surface area contributed by atoms with Gasteiger partial charge in [-0.25, -0.2) is 4.79 Å². The molecule has 0 atom stereocenters. The minimum absolute atomic E-state index is 0.663. The van der Waals surface area contributed by atoms with Crippen LogP contribution in [0.4, 0.5) is 5.69 Å². The molecule has 2 nitrogen and oxygen atoms in total. The van der Waals surface area contributed by atoms with Gasteiger partial charge in [-0.1, -0.05) is 6.07 Å². The number of isocyanates is 1. The first kappa shape index (κ1) is 9.17. The van der Waals surface area contributed by atoms with Crippen LogP contribution in [0.1, 0.15) is 11.1 Å². The van der Waals surface area contributed by atoms with E-state index in [-0.39, 0.29) is 0 Å². The molecule has 3 heteroatoms. The predicted octanol–water partition coefficient (Wildman–Crippen LogP) is 3.03. The molecule has 0 aliphatic carbocycles. The number of nitrogens with zero attached hydrogens (tertiary/aromatic N) is 1. The molecule has 0 heterocycles. The van der Waals surface area contributed by atoms with E-state index in [0.717, 1.165) is 15.6 Å². The normalized spacial score (nSPS) is 9.25. The molecule has 0 saturated heterocycles. The van der Waals surface area contributed by atoms with Crippen molar-refractivity contribution in [3.63, 3.8) is 0 Å². The molecule has 0 saturated carbocycles. The van der Waals surface area contributed by atoms with Crippen LogP contribution in [0.25, 0.3) is 0 Å². The Kier molecular flexibility index (Phi) is 2.79. The second-order valence-electron chi connectivity index (χ2n) is 2.62. The Hall–Kier alpha value is -0.920. The summed E-state index contributed by atoms with van der Waals surface area (Å²) in [5.41, 5.74) is 2.78. The Balaban J connectivity index is 3.37. The molecule has 1 rings (SSSR count). The van der Waals surface area contributed by atoms with E-state index in [2.05, 4.69) is 20.9 Å². The standard InChI is InChI=1S/C9H8BrNO/c1-6-3-7(2)9(11-5-12)8(10)4-6/h3-4H,1-2H3. The first-order chi connectivity index (χ1) is 5.65. The average Bonchev–Trinajstić information content (AvgIpc) is 1.96. The van der Waals surface area contributed by atoms with Gasteiger partial charge in [-0.05, 0) is 47.0 Å². The Morgan fingerprint density at radius 2 is 2.08 bits per heavy atom. The van der Waals surface area contributed by atoms with Crippen molar-refractivity contribution in [3.8, 4) is 0 Å². The average molecular weight is 226 g/mol. The number of benzene rings is 1. The van der Waals surface area contributed by atoms with Crippen LogP contribution in [0.5, 0.6) is 0 Å². The maximum Gasteiger partial charge on any atom is 0.240 e. The van der Waals surface area contributed by atoms with Gasteiger partial charge in [-0.2, -0.15) is 4.99 Å². The Morgan fingerprint density at radius 1 is 1.42 bits per heavy atom. The van der Waals surface area contributed by atoms with E-state index in [0.29, 0.717) is 5.69 Å². The van der Waals surface area contributed by atoms with Crippen LogP contribution in [0.3, 0.4) is 0 Å². The van der Waals surface area contributed by atoms with Gasteiger partial charge in [0.15, 0.2) is 0 Å². The summed E-state index contributed by atoms with van der Waals surface area (Å²) in [6, 6.07) is 3.89. The number of hydrogen-bond acceptors (Lipinski definition) is 2. The molecule has 0 spiro atoms. The van der Waals surface area contributed by atoms with Gasteiger partial charge >= 0.3 is 0 Å². The summed E-state index contributed by atoms with van der Waals surface area (Å²) in [6.45, 7) is 3.90. The van der Waals surface area contributed by atoms with Crippen LogP contribution in [-0.4, -0.2) is 6.08 Å². The molecule has 0 aliphatic heterocycles. The van der Waals surface area contributed by atoms with Crippen LogP contribution in [0.15, 0.2) is 21.6 Å². The van der Waals surface area contributed by atoms with Crippen molar-refractivity contribution in [2.24, 2.45) is 4.99 Å². The van der Waals surface area contributed by atoms with E-state index in [1.54, 1.807) is 0 Å². The second-order valence-corrected chi connectivity index (χ2v) is 3.47. The highest BCUT2D eigenvalue weighted by Gasteiger charge is 2.02. The summed E-state index contributed by atoms with van der Waals surface area (Å²) in [5, 5.41) is 0. The summed E-state index contributed by atoms with van der Waals surface area (Å²) in [7, 11) is 0. The molecule has 1 aromatic rings. The molecule has 0 aliphatic rings. The summed E-state index contributed by atoms with van der Waals surface area (Å²) >= 11 is 3.33. The minimum atomic E-state index is 0.663. The van der Waals surface area contributed by atoms with Crippen LogP contribution in [0, 0.1) is 13.8 Å².